The number of anilines is 3. The van der Waals surface area contributed by atoms with Gasteiger partial charge in [-0.05, 0) is 43.8 Å². The number of nitrogens with zero attached hydrogens (tertiary/aromatic N) is 4. The predicted octanol–water partition coefficient (Wildman–Crippen LogP) is 2.62. The number of ether oxygens (including phenoxy) is 1. The molecule has 0 bridgehead atoms. The average Bonchev–Trinajstić information content (AvgIpc) is 2.90. The third-order valence-electron chi connectivity index (χ3n) is 6.61. The van der Waals surface area contributed by atoms with Gasteiger partial charge in [0.2, 0.25) is 0 Å². The van der Waals surface area contributed by atoms with Gasteiger partial charge in [0, 0.05) is 43.7 Å². The second kappa shape index (κ2) is 10.7. The standard InChI is InChI=1S/C26H28F2N8O2/c1-16-13-36(9-8-31-16)20-3-5-23(35-25(20)37)34-24-11-19(32-15-33-24)17-2-4-21(18(10-17)12-29)38-22-6-7-30-14-26(22,27)28/h2-5,10-11,15-16,22,30-31H,6-9,13-14H2,1H3,(H2,32,33,34,35,37)/t16-,22?/m1/s1. The Morgan fingerprint density at radius 1 is 1.21 bits per heavy atom. The number of pyridine rings is 1. The van der Waals surface area contributed by atoms with Crippen molar-refractivity contribution >= 4 is 17.3 Å². The minimum atomic E-state index is -3.03. The van der Waals surface area contributed by atoms with Gasteiger partial charge in [-0.3, -0.25) is 4.79 Å². The van der Waals surface area contributed by atoms with Crippen LogP contribution in [-0.4, -0.2) is 65.7 Å². The molecule has 2 aliphatic rings. The molecule has 0 spiro atoms. The number of piperazine rings is 1. The minimum Gasteiger partial charge on any atom is -0.483 e. The number of nitrogens with one attached hydrogen (secondary N) is 4. The van der Waals surface area contributed by atoms with Gasteiger partial charge in [-0.15, -0.1) is 0 Å². The van der Waals surface area contributed by atoms with Crippen molar-refractivity contribution in [2.24, 2.45) is 0 Å². The van der Waals surface area contributed by atoms with Gasteiger partial charge >= 0.3 is 0 Å². The van der Waals surface area contributed by atoms with Crippen molar-refractivity contribution in [1.82, 2.24) is 25.6 Å². The van der Waals surface area contributed by atoms with Gasteiger partial charge in [-0.1, -0.05) is 0 Å². The molecule has 10 nitrogen and oxygen atoms in total. The fourth-order valence-corrected chi connectivity index (χ4v) is 4.65. The topological polar surface area (TPSA) is 131 Å². The number of piperidine rings is 1. The zero-order chi connectivity index (χ0) is 26.7. The molecule has 0 radical (unpaired) electrons. The molecule has 1 aromatic carbocycles. The lowest BCUT2D eigenvalue weighted by atomic mass is 10.0. The van der Waals surface area contributed by atoms with Crippen molar-refractivity contribution in [3.8, 4) is 23.1 Å². The average molecular weight is 523 g/mol. The molecule has 2 aliphatic heterocycles. The lowest BCUT2D eigenvalue weighted by Crippen LogP contribution is -2.52. The molecule has 2 saturated heterocycles. The molecule has 12 heteroatoms. The van der Waals surface area contributed by atoms with Crippen LogP contribution in [0.5, 0.6) is 5.75 Å². The van der Waals surface area contributed by atoms with Crippen LogP contribution in [0, 0.1) is 11.3 Å². The SMILES string of the molecule is C[C@@H]1CN(c2ccc(Nc3cc(-c4ccc(OC5CCNCC5(F)F)c(C#N)c4)ncn3)[nH]c2=O)CCN1. The maximum absolute atomic E-state index is 14.2. The highest BCUT2D eigenvalue weighted by molar-refractivity contribution is 5.67. The third-order valence-corrected chi connectivity index (χ3v) is 6.61. The fourth-order valence-electron chi connectivity index (χ4n) is 4.65. The number of halogens is 2. The van der Waals surface area contributed by atoms with Gasteiger partial charge < -0.3 is 30.6 Å². The van der Waals surface area contributed by atoms with Crippen molar-refractivity contribution in [3.63, 3.8) is 0 Å². The summed E-state index contributed by atoms with van der Waals surface area (Å²) in [5.74, 6) is -2.02. The largest absolute Gasteiger partial charge is 0.483 e. The van der Waals surface area contributed by atoms with Gasteiger partial charge in [-0.25, -0.2) is 18.7 Å². The van der Waals surface area contributed by atoms with E-state index in [-0.39, 0.29) is 23.3 Å². The van der Waals surface area contributed by atoms with E-state index in [1.807, 2.05) is 6.07 Å². The van der Waals surface area contributed by atoms with Crippen molar-refractivity contribution < 1.29 is 13.5 Å². The van der Waals surface area contributed by atoms with Gasteiger partial charge in [0.05, 0.1) is 17.8 Å². The molecule has 5 rings (SSSR count). The Morgan fingerprint density at radius 2 is 2.08 bits per heavy atom. The van der Waals surface area contributed by atoms with E-state index >= 15 is 0 Å². The van der Waals surface area contributed by atoms with Gasteiger partial charge in [0.15, 0.2) is 6.10 Å². The first kappa shape index (κ1) is 25.6. The molecule has 0 amide bonds. The number of H-pyrrole nitrogens is 1. The lowest BCUT2D eigenvalue weighted by molar-refractivity contribution is -0.109. The molecular weight excluding hydrogens is 494 g/mol. The quantitative estimate of drug-likeness (QED) is 0.386. The molecule has 1 unspecified atom stereocenters. The Hall–Kier alpha value is -4.08. The molecule has 0 saturated carbocycles. The van der Waals surface area contributed by atoms with Crippen LogP contribution in [0.15, 0.2) is 47.5 Å². The monoisotopic (exact) mass is 522 g/mol. The smallest absolute Gasteiger partial charge is 0.296 e. The van der Waals surface area contributed by atoms with Crippen LogP contribution in [0.1, 0.15) is 18.9 Å². The normalized spacial score (nSPS) is 20.9. The second-order valence-corrected chi connectivity index (χ2v) is 9.46. The van der Waals surface area contributed by atoms with E-state index in [2.05, 4.69) is 42.7 Å². The number of hydrogen-bond acceptors (Lipinski definition) is 9. The molecule has 2 fully saturated rings. The number of benzene rings is 1. The maximum atomic E-state index is 14.2. The molecule has 198 valence electrons. The molecule has 0 aliphatic carbocycles. The molecule has 4 heterocycles. The fraction of sp³-hybridized carbons (Fsp3) is 0.385. The van der Waals surface area contributed by atoms with E-state index < -0.39 is 18.6 Å². The zero-order valence-corrected chi connectivity index (χ0v) is 20.8. The van der Waals surface area contributed by atoms with Gasteiger partial charge in [0.25, 0.3) is 11.5 Å². The van der Waals surface area contributed by atoms with Crippen LogP contribution in [0.3, 0.4) is 0 Å². The van der Waals surface area contributed by atoms with E-state index in [1.165, 1.54) is 12.4 Å². The lowest BCUT2D eigenvalue weighted by Gasteiger charge is -2.33. The van der Waals surface area contributed by atoms with E-state index in [4.69, 9.17) is 4.74 Å². The summed E-state index contributed by atoms with van der Waals surface area (Å²) in [7, 11) is 0. The summed E-state index contributed by atoms with van der Waals surface area (Å²) in [6.45, 7) is 4.35. The van der Waals surface area contributed by atoms with Crippen LogP contribution in [0.4, 0.5) is 26.1 Å². The first-order valence-electron chi connectivity index (χ1n) is 12.4. The van der Waals surface area contributed by atoms with Crippen molar-refractivity contribution in [2.75, 3.05) is 42.9 Å². The Labute approximate surface area is 218 Å². The Bertz CT molecular complexity index is 1410. The molecule has 3 aromatic rings. The van der Waals surface area contributed by atoms with Crippen LogP contribution in [0.2, 0.25) is 0 Å². The van der Waals surface area contributed by atoms with Gasteiger partial charge in [0.1, 0.15) is 35.5 Å². The zero-order valence-electron chi connectivity index (χ0n) is 20.8. The summed E-state index contributed by atoms with van der Waals surface area (Å²) in [6.07, 6.45) is 0.191. The summed E-state index contributed by atoms with van der Waals surface area (Å²) < 4.78 is 33.9. The number of rotatable bonds is 6. The Kier molecular flexibility index (Phi) is 7.22. The summed E-state index contributed by atoms with van der Waals surface area (Å²) in [5.41, 5.74) is 1.64. The summed E-state index contributed by atoms with van der Waals surface area (Å²) >= 11 is 0. The Morgan fingerprint density at radius 3 is 2.84 bits per heavy atom. The summed E-state index contributed by atoms with van der Waals surface area (Å²) in [4.78, 5) is 26.1. The van der Waals surface area contributed by atoms with Crippen molar-refractivity contribution in [1.29, 1.82) is 5.26 Å². The van der Waals surface area contributed by atoms with Crippen LogP contribution < -0.4 is 31.1 Å². The molecule has 2 atom stereocenters. The first-order chi connectivity index (χ1) is 18.3. The van der Waals surface area contributed by atoms with Gasteiger partial charge in [-0.2, -0.15) is 5.26 Å². The second-order valence-electron chi connectivity index (χ2n) is 9.46. The minimum absolute atomic E-state index is 0.103. The highest BCUT2D eigenvalue weighted by Gasteiger charge is 2.43. The van der Waals surface area contributed by atoms with Crippen molar-refractivity contribution in [2.45, 2.75) is 31.4 Å². The van der Waals surface area contributed by atoms with E-state index in [1.54, 1.807) is 30.3 Å². The van der Waals surface area contributed by atoms with E-state index in [0.29, 0.717) is 41.2 Å². The van der Waals surface area contributed by atoms with Crippen LogP contribution in [-0.2, 0) is 0 Å². The van der Waals surface area contributed by atoms with E-state index in [0.717, 1.165) is 19.6 Å². The highest BCUT2D eigenvalue weighted by Crippen LogP contribution is 2.32. The molecule has 38 heavy (non-hydrogen) atoms. The van der Waals surface area contributed by atoms with Crippen molar-refractivity contribution in [3.05, 3.63) is 58.6 Å². The first-order valence-corrected chi connectivity index (χ1v) is 12.4. The number of aromatic nitrogens is 3. The number of alkyl halides is 2. The third kappa shape index (κ3) is 5.58. The summed E-state index contributed by atoms with van der Waals surface area (Å²) in [6, 6.07) is 12.3. The highest BCUT2D eigenvalue weighted by atomic mass is 19.3. The molecular formula is C26H28F2N8O2. The summed E-state index contributed by atoms with van der Waals surface area (Å²) in [5, 5.41) is 18.7. The molecule has 2 aromatic heterocycles. The number of aromatic amines is 1. The predicted molar refractivity (Wildman–Crippen MR) is 139 cm³/mol. The molecule has 4 N–H and O–H groups in total. The van der Waals surface area contributed by atoms with Crippen LogP contribution in [0.25, 0.3) is 11.3 Å². The maximum Gasteiger partial charge on any atom is 0.296 e. The number of hydrogen-bond donors (Lipinski definition) is 4. The number of nitriles is 1. The van der Waals surface area contributed by atoms with Crippen LogP contribution >= 0.6 is 0 Å². The Balaban J connectivity index is 1.32. The van der Waals surface area contributed by atoms with E-state index in [9.17, 15) is 18.8 Å².